The van der Waals surface area contributed by atoms with Gasteiger partial charge in [0.25, 0.3) is 0 Å². The fraction of sp³-hybridized carbons (Fsp3) is 0.381. The van der Waals surface area contributed by atoms with E-state index in [1.807, 2.05) is 48.5 Å². The number of methoxy groups -OCH3 is 1. The number of carbonyl (C=O) groups excluding carboxylic acids is 1. The van der Waals surface area contributed by atoms with Crippen molar-refractivity contribution in [1.29, 1.82) is 0 Å². The average molecular weight is 372 g/mol. The van der Waals surface area contributed by atoms with Crippen LogP contribution in [0.15, 0.2) is 48.5 Å². The van der Waals surface area contributed by atoms with Crippen LogP contribution < -0.4 is 20.1 Å². The molecule has 6 heteroatoms. The van der Waals surface area contributed by atoms with Gasteiger partial charge in [-0.1, -0.05) is 13.8 Å². The highest BCUT2D eigenvalue weighted by molar-refractivity contribution is 5.93. The van der Waals surface area contributed by atoms with E-state index in [1.165, 1.54) is 0 Å². The van der Waals surface area contributed by atoms with Crippen LogP contribution in [0.4, 0.5) is 11.4 Å². The third kappa shape index (κ3) is 8.00. The Labute approximate surface area is 160 Å². The minimum absolute atomic E-state index is 0.119. The first-order valence-electron chi connectivity index (χ1n) is 9.05. The molecule has 0 unspecified atom stereocenters. The van der Waals surface area contributed by atoms with Crippen molar-refractivity contribution in [3.05, 3.63) is 48.5 Å². The number of nitrogens with one attached hydrogen (secondary N) is 2. The van der Waals surface area contributed by atoms with Crippen molar-refractivity contribution in [2.75, 3.05) is 44.1 Å². The lowest BCUT2D eigenvalue weighted by molar-refractivity contribution is -0.114. The van der Waals surface area contributed by atoms with E-state index in [9.17, 15) is 4.79 Å². The Morgan fingerprint density at radius 1 is 0.889 bits per heavy atom. The molecule has 27 heavy (non-hydrogen) atoms. The quantitative estimate of drug-likeness (QED) is 0.587. The molecule has 146 valence electrons. The van der Waals surface area contributed by atoms with Gasteiger partial charge in [0.05, 0.1) is 19.8 Å². The Hall–Kier alpha value is -2.73. The number of ether oxygens (including phenoxy) is 3. The summed E-state index contributed by atoms with van der Waals surface area (Å²) in [5, 5.41) is 5.94. The number of anilines is 2. The Bertz CT molecular complexity index is 684. The predicted octanol–water partition coefficient (Wildman–Crippen LogP) is 3.80. The van der Waals surface area contributed by atoms with Crippen molar-refractivity contribution >= 4 is 17.3 Å². The van der Waals surface area contributed by atoms with Crippen LogP contribution in [0.2, 0.25) is 0 Å². The van der Waals surface area contributed by atoms with Crippen LogP contribution >= 0.6 is 0 Å². The van der Waals surface area contributed by atoms with E-state index in [0.29, 0.717) is 25.7 Å². The second kappa shape index (κ2) is 11.1. The molecule has 0 aliphatic heterocycles. The highest BCUT2D eigenvalue weighted by Crippen LogP contribution is 2.17. The minimum Gasteiger partial charge on any atom is -0.493 e. The van der Waals surface area contributed by atoms with Crippen LogP contribution in [0.1, 0.15) is 13.8 Å². The highest BCUT2D eigenvalue weighted by atomic mass is 16.5. The summed E-state index contributed by atoms with van der Waals surface area (Å²) >= 11 is 0. The number of rotatable bonds is 11. The Morgan fingerprint density at radius 3 is 2.07 bits per heavy atom. The standard InChI is InChI=1S/C21H28N2O4/c1-16(2)15-27-20-10-6-18(7-11-20)23-21(24)14-22-17-4-8-19(9-5-17)26-13-12-25-3/h4-11,16,22H,12-15H2,1-3H3,(H,23,24). The summed E-state index contributed by atoms with van der Waals surface area (Å²) in [6.07, 6.45) is 0. The average Bonchev–Trinajstić information content (AvgIpc) is 2.67. The number of amides is 1. The van der Waals surface area contributed by atoms with E-state index >= 15 is 0 Å². The maximum absolute atomic E-state index is 12.1. The van der Waals surface area contributed by atoms with Gasteiger partial charge in [0.15, 0.2) is 0 Å². The number of benzene rings is 2. The lowest BCUT2D eigenvalue weighted by Gasteiger charge is -2.11. The molecule has 0 fully saturated rings. The van der Waals surface area contributed by atoms with Gasteiger partial charge < -0.3 is 24.8 Å². The summed E-state index contributed by atoms with van der Waals surface area (Å²) in [5.74, 6) is 1.92. The minimum atomic E-state index is -0.119. The molecule has 0 heterocycles. The number of hydrogen-bond acceptors (Lipinski definition) is 5. The summed E-state index contributed by atoms with van der Waals surface area (Å²) in [7, 11) is 1.64. The smallest absolute Gasteiger partial charge is 0.243 e. The molecule has 2 aromatic rings. The first-order chi connectivity index (χ1) is 13.1. The summed E-state index contributed by atoms with van der Waals surface area (Å²) in [6, 6.07) is 14.8. The zero-order valence-electron chi connectivity index (χ0n) is 16.2. The van der Waals surface area contributed by atoms with Crippen molar-refractivity contribution in [3.63, 3.8) is 0 Å². The van der Waals surface area contributed by atoms with Gasteiger partial charge in [0.1, 0.15) is 18.1 Å². The molecule has 0 aliphatic carbocycles. The molecule has 0 spiro atoms. The number of hydrogen-bond donors (Lipinski definition) is 2. The molecular weight excluding hydrogens is 344 g/mol. The normalized spacial score (nSPS) is 10.5. The van der Waals surface area contributed by atoms with Gasteiger partial charge in [-0.25, -0.2) is 0 Å². The molecule has 1 amide bonds. The Kier molecular flexibility index (Phi) is 8.45. The van der Waals surface area contributed by atoms with Crippen LogP contribution in [0, 0.1) is 5.92 Å². The molecule has 2 aromatic carbocycles. The molecule has 2 rings (SSSR count). The van der Waals surface area contributed by atoms with Gasteiger partial charge in [-0.3, -0.25) is 4.79 Å². The van der Waals surface area contributed by atoms with Crippen molar-refractivity contribution in [3.8, 4) is 11.5 Å². The largest absolute Gasteiger partial charge is 0.493 e. The van der Waals surface area contributed by atoms with Crippen LogP contribution in [0.25, 0.3) is 0 Å². The summed E-state index contributed by atoms with van der Waals surface area (Å²) in [4.78, 5) is 12.1. The monoisotopic (exact) mass is 372 g/mol. The zero-order valence-corrected chi connectivity index (χ0v) is 16.2. The Balaban J connectivity index is 1.74. The van der Waals surface area contributed by atoms with Crippen LogP contribution in [0.3, 0.4) is 0 Å². The first kappa shape index (κ1) is 20.6. The van der Waals surface area contributed by atoms with Crippen LogP contribution in [0.5, 0.6) is 11.5 Å². The Morgan fingerprint density at radius 2 is 1.48 bits per heavy atom. The number of carbonyl (C=O) groups is 1. The van der Waals surface area contributed by atoms with Gasteiger partial charge in [-0.15, -0.1) is 0 Å². The molecule has 0 atom stereocenters. The fourth-order valence-electron chi connectivity index (χ4n) is 2.20. The van der Waals surface area contributed by atoms with Gasteiger partial charge in [0, 0.05) is 18.5 Å². The van der Waals surface area contributed by atoms with Gasteiger partial charge in [-0.2, -0.15) is 0 Å². The van der Waals surface area contributed by atoms with Gasteiger partial charge >= 0.3 is 0 Å². The van der Waals surface area contributed by atoms with Gasteiger partial charge in [-0.05, 0) is 54.4 Å². The van der Waals surface area contributed by atoms with E-state index in [2.05, 4.69) is 24.5 Å². The first-order valence-corrected chi connectivity index (χ1v) is 9.05. The van der Waals surface area contributed by atoms with E-state index in [1.54, 1.807) is 7.11 Å². The SMILES string of the molecule is COCCOc1ccc(NCC(=O)Nc2ccc(OCC(C)C)cc2)cc1. The van der Waals surface area contributed by atoms with E-state index < -0.39 is 0 Å². The van der Waals surface area contributed by atoms with E-state index in [-0.39, 0.29) is 12.5 Å². The predicted molar refractivity (Wildman–Crippen MR) is 108 cm³/mol. The molecule has 0 saturated heterocycles. The molecule has 6 nitrogen and oxygen atoms in total. The summed E-state index contributed by atoms with van der Waals surface area (Å²) in [6.45, 7) is 6.10. The highest BCUT2D eigenvalue weighted by Gasteiger charge is 2.04. The second-order valence-corrected chi connectivity index (χ2v) is 6.50. The lowest BCUT2D eigenvalue weighted by atomic mass is 10.2. The molecule has 0 aliphatic rings. The van der Waals surface area contributed by atoms with Crippen LogP contribution in [-0.2, 0) is 9.53 Å². The van der Waals surface area contributed by atoms with E-state index in [0.717, 1.165) is 22.9 Å². The fourth-order valence-corrected chi connectivity index (χ4v) is 2.20. The molecule has 0 bridgehead atoms. The van der Waals surface area contributed by atoms with Crippen molar-refractivity contribution < 1.29 is 19.0 Å². The topological polar surface area (TPSA) is 68.8 Å². The van der Waals surface area contributed by atoms with Crippen molar-refractivity contribution in [2.24, 2.45) is 5.92 Å². The van der Waals surface area contributed by atoms with Gasteiger partial charge in [0.2, 0.25) is 5.91 Å². The summed E-state index contributed by atoms with van der Waals surface area (Å²) < 4.78 is 16.1. The zero-order chi connectivity index (χ0) is 19.5. The maximum Gasteiger partial charge on any atom is 0.243 e. The third-order valence-corrected chi connectivity index (χ3v) is 3.58. The second-order valence-electron chi connectivity index (χ2n) is 6.50. The summed E-state index contributed by atoms with van der Waals surface area (Å²) in [5.41, 5.74) is 1.59. The molecular formula is C21H28N2O4. The maximum atomic E-state index is 12.1. The molecule has 0 radical (unpaired) electrons. The molecule has 0 saturated carbocycles. The van der Waals surface area contributed by atoms with E-state index in [4.69, 9.17) is 14.2 Å². The van der Waals surface area contributed by atoms with Crippen molar-refractivity contribution in [1.82, 2.24) is 0 Å². The molecule has 2 N–H and O–H groups in total. The third-order valence-electron chi connectivity index (χ3n) is 3.58. The lowest BCUT2D eigenvalue weighted by Crippen LogP contribution is -2.21. The van der Waals surface area contributed by atoms with Crippen LogP contribution in [-0.4, -0.2) is 39.4 Å². The van der Waals surface area contributed by atoms with Crippen molar-refractivity contribution in [2.45, 2.75) is 13.8 Å². The molecule has 0 aromatic heterocycles.